The van der Waals surface area contributed by atoms with Gasteiger partial charge in [-0.1, -0.05) is 0 Å². The Morgan fingerprint density at radius 1 is 1.21 bits per heavy atom. The fourth-order valence-corrected chi connectivity index (χ4v) is 2.49. The van der Waals surface area contributed by atoms with Gasteiger partial charge in [-0.25, -0.2) is 9.37 Å². The van der Waals surface area contributed by atoms with Gasteiger partial charge in [-0.15, -0.1) is 0 Å². The first-order valence-electron chi connectivity index (χ1n) is 7.14. The minimum absolute atomic E-state index is 0.151. The molecule has 6 nitrogen and oxygen atoms in total. The van der Waals surface area contributed by atoms with Gasteiger partial charge < -0.3 is 10.1 Å². The number of rotatable bonds is 2. The van der Waals surface area contributed by atoms with Crippen LogP contribution < -0.4 is 5.56 Å². The van der Waals surface area contributed by atoms with Gasteiger partial charge in [0.15, 0.2) is 0 Å². The van der Waals surface area contributed by atoms with Crippen LogP contribution in [0.5, 0.6) is 5.75 Å². The quantitative estimate of drug-likeness (QED) is 0.556. The second kappa shape index (κ2) is 5.31. The molecule has 0 aliphatic heterocycles. The molecule has 0 aliphatic rings. The third kappa shape index (κ3) is 2.32. The van der Waals surface area contributed by atoms with E-state index < -0.39 is 0 Å². The maximum absolute atomic E-state index is 13.4. The van der Waals surface area contributed by atoms with Crippen LogP contribution in [0, 0.1) is 5.82 Å². The fourth-order valence-electron chi connectivity index (χ4n) is 2.49. The summed E-state index contributed by atoms with van der Waals surface area (Å²) in [5.41, 5.74) is 1.65. The molecule has 0 unspecified atom stereocenters. The van der Waals surface area contributed by atoms with E-state index in [0.29, 0.717) is 16.4 Å². The average molecular weight is 322 g/mol. The Morgan fingerprint density at radius 2 is 2.00 bits per heavy atom. The summed E-state index contributed by atoms with van der Waals surface area (Å²) in [6.45, 7) is 0. The van der Waals surface area contributed by atoms with Crippen molar-refractivity contribution in [3.05, 3.63) is 70.5 Å². The maximum Gasteiger partial charge on any atom is 0.298 e. The van der Waals surface area contributed by atoms with Crippen molar-refractivity contribution in [2.45, 2.75) is 0 Å². The van der Waals surface area contributed by atoms with E-state index in [-0.39, 0.29) is 22.6 Å². The third-order valence-corrected chi connectivity index (χ3v) is 3.68. The molecular formula is C17H11FN4O2. The summed E-state index contributed by atoms with van der Waals surface area (Å²) in [5, 5.41) is 13.9. The van der Waals surface area contributed by atoms with Crippen molar-refractivity contribution in [2.24, 2.45) is 5.10 Å². The highest BCUT2D eigenvalue weighted by Gasteiger charge is 2.11. The van der Waals surface area contributed by atoms with E-state index in [1.807, 2.05) is 0 Å². The number of hydrogen-bond acceptors (Lipinski definition) is 4. The fraction of sp³-hybridized carbons (Fsp3) is 0. The van der Waals surface area contributed by atoms with Crippen LogP contribution in [0.25, 0.3) is 21.9 Å². The van der Waals surface area contributed by atoms with Crippen LogP contribution in [0.4, 0.5) is 4.39 Å². The van der Waals surface area contributed by atoms with Gasteiger partial charge in [0.05, 0.1) is 6.21 Å². The normalized spacial score (nSPS) is 11.7. The molecule has 2 aromatic carbocycles. The smallest absolute Gasteiger partial charge is 0.298 e. The van der Waals surface area contributed by atoms with Gasteiger partial charge in [0.1, 0.15) is 28.9 Å². The van der Waals surface area contributed by atoms with Gasteiger partial charge >= 0.3 is 0 Å². The molecule has 4 aromatic rings. The lowest BCUT2D eigenvalue weighted by molar-refractivity contribution is 0.475. The Morgan fingerprint density at radius 3 is 2.79 bits per heavy atom. The molecule has 4 rings (SSSR count). The zero-order valence-corrected chi connectivity index (χ0v) is 12.3. The number of halogens is 1. The van der Waals surface area contributed by atoms with E-state index in [0.717, 1.165) is 10.2 Å². The second-order valence-electron chi connectivity index (χ2n) is 5.27. The Balaban J connectivity index is 1.82. The number of phenols is 1. The van der Waals surface area contributed by atoms with Crippen LogP contribution in [0.2, 0.25) is 0 Å². The lowest BCUT2D eigenvalue weighted by Crippen LogP contribution is -2.17. The number of aromatic hydroxyl groups is 1. The monoisotopic (exact) mass is 322 g/mol. The standard InChI is InChI=1S/C17H11FN4O2/c18-11-3-6-14-13(7-11)15-16(21-14)17(24)22(9-19-15)20-8-10-1-4-12(23)5-2-10/h1-9,21,23H. The van der Waals surface area contributed by atoms with Gasteiger partial charge in [-0.05, 0) is 48.0 Å². The molecule has 2 aromatic heterocycles. The zero-order valence-electron chi connectivity index (χ0n) is 12.3. The van der Waals surface area contributed by atoms with E-state index in [1.165, 1.54) is 36.8 Å². The van der Waals surface area contributed by atoms with Crippen LogP contribution in [-0.2, 0) is 0 Å². The van der Waals surface area contributed by atoms with Crippen LogP contribution in [0.3, 0.4) is 0 Å². The Labute approximate surface area is 134 Å². The van der Waals surface area contributed by atoms with Crippen LogP contribution in [0.15, 0.2) is 58.7 Å². The van der Waals surface area contributed by atoms with Crippen molar-refractivity contribution < 1.29 is 9.50 Å². The summed E-state index contributed by atoms with van der Waals surface area (Å²) >= 11 is 0. The molecule has 0 saturated heterocycles. The molecule has 118 valence electrons. The van der Waals surface area contributed by atoms with Crippen LogP contribution in [-0.4, -0.2) is 26.0 Å². The van der Waals surface area contributed by atoms with Crippen molar-refractivity contribution in [2.75, 3.05) is 0 Å². The first-order chi connectivity index (χ1) is 11.6. The van der Waals surface area contributed by atoms with E-state index in [1.54, 1.807) is 18.2 Å². The molecule has 0 amide bonds. The number of nitrogens with one attached hydrogen (secondary N) is 1. The molecule has 24 heavy (non-hydrogen) atoms. The number of benzene rings is 2. The van der Waals surface area contributed by atoms with Crippen LogP contribution in [0.1, 0.15) is 5.56 Å². The minimum Gasteiger partial charge on any atom is -0.508 e. The van der Waals surface area contributed by atoms with E-state index >= 15 is 0 Å². The molecule has 0 radical (unpaired) electrons. The second-order valence-corrected chi connectivity index (χ2v) is 5.27. The summed E-state index contributed by atoms with van der Waals surface area (Å²) < 4.78 is 14.5. The molecule has 0 bridgehead atoms. The van der Waals surface area contributed by atoms with E-state index in [9.17, 15) is 14.3 Å². The van der Waals surface area contributed by atoms with Crippen LogP contribution >= 0.6 is 0 Å². The summed E-state index contributed by atoms with van der Waals surface area (Å²) in [6, 6.07) is 10.6. The number of fused-ring (bicyclic) bond motifs is 3. The predicted octanol–water partition coefficient (Wildman–Crippen LogP) is 2.60. The highest BCUT2D eigenvalue weighted by Crippen LogP contribution is 2.21. The Hall–Kier alpha value is -3.48. The van der Waals surface area contributed by atoms with Gasteiger partial charge in [-0.2, -0.15) is 9.78 Å². The Kier molecular flexibility index (Phi) is 3.13. The maximum atomic E-state index is 13.4. The first-order valence-corrected chi connectivity index (χ1v) is 7.14. The van der Waals surface area contributed by atoms with E-state index in [4.69, 9.17) is 0 Å². The van der Waals surface area contributed by atoms with Crippen molar-refractivity contribution in [1.29, 1.82) is 0 Å². The van der Waals surface area contributed by atoms with Gasteiger partial charge in [0, 0.05) is 10.9 Å². The van der Waals surface area contributed by atoms with Gasteiger partial charge in [-0.3, -0.25) is 4.79 Å². The number of aromatic amines is 1. The van der Waals surface area contributed by atoms with E-state index in [2.05, 4.69) is 15.1 Å². The molecule has 0 aliphatic carbocycles. The summed E-state index contributed by atoms with van der Waals surface area (Å²) in [7, 11) is 0. The third-order valence-electron chi connectivity index (χ3n) is 3.68. The summed E-state index contributed by atoms with van der Waals surface area (Å²) in [6.07, 6.45) is 2.77. The average Bonchev–Trinajstić information content (AvgIpc) is 2.95. The van der Waals surface area contributed by atoms with Gasteiger partial charge in [0.2, 0.25) is 0 Å². The Bertz CT molecular complexity index is 1140. The molecule has 0 saturated carbocycles. The van der Waals surface area contributed by atoms with Crippen molar-refractivity contribution >= 4 is 28.2 Å². The first kappa shape index (κ1) is 14.1. The lowest BCUT2D eigenvalue weighted by Gasteiger charge is -1.98. The molecule has 2 N–H and O–H groups in total. The van der Waals surface area contributed by atoms with Crippen molar-refractivity contribution in [3.8, 4) is 5.75 Å². The topological polar surface area (TPSA) is 83.3 Å². The molecule has 7 heteroatoms. The number of aromatic nitrogens is 3. The van der Waals surface area contributed by atoms with Crippen molar-refractivity contribution in [3.63, 3.8) is 0 Å². The summed E-state index contributed by atoms with van der Waals surface area (Å²) in [4.78, 5) is 19.7. The highest BCUT2D eigenvalue weighted by atomic mass is 19.1. The number of H-pyrrole nitrogens is 1. The van der Waals surface area contributed by atoms with Gasteiger partial charge in [0.25, 0.3) is 5.56 Å². The zero-order chi connectivity index (χ0) is 16.7. The number of phenolic OH excluding ortho intramolecular Hbond substituents is 1. The molecule has 2 heterocycles. The predicted molar refractivity (Wildman–Crippen MR) is 88.9 cm³/mol. The lowest BCUT2D eigenvalue weighted by atomic mass is 10.2. The number of nitrogens with zero attached hydrogens (tertiary/aromatic N) is 3. The minimum atomic E-state index is -0.389. The molecule has 0 spiro atoms. The highest BCUT2D eigenvalue weighted by molar-refractivity contribution is 6.04. The number of hydrogen-bond donors (Lipinski definition) is 2. The largest absolute Gasteiger partial charge is 0.508 e. The molecular weight excluding hydrogens is 311 g/mol. The SMILES string of the molecule is O=c1c2[nH]c3ccc(F)cc3c2ncn1N=Cc1ccc(O)cc1. The molecule has 0 fully saturated rings. The molecule has 0 atom stereocenters. The van der Waals surface area contributed by atoms with Crippen molar-refractivity contribution in [1.82, 2.24) is 14.6 Å². The summed E-state index contributed by atoms with van der Waals surface area (Å²) in [5.74, 6) is -0.238.